The van der Waals surface area contributed by atoms with Crippen molar-refractivity contribution in [3.05, 3.63) is 78.4 Å². The number of hydrogen-bond acceptors (Lipinski definition) is 4. The van der Waals surface area contributed by atoms with Crippen molar-refractivity contribution in [3.63, 3.8) is 0 Å². The Labute approximate surface area is 140 Å². The van der Waals surface area contributed by atoms with Crippen molar-refractivity contribution >= 4 is 16.6 Å². The van der Waals surface area contributed by atoms with Crippen molar-refractivity contribution in [2.45, 2.75) is 13.5 Å². The standard InChI is InChI=1S/C20H17N3O/c1-14-10-15-4-3-9-22-20(15)18(11-14)23-13-17-6-7-19(24-17)16-5-2-8-21-12-16/h2-12,23H,13H2,1H3. The molecule has 0 unspecified atom stereocenters. The molecule has 0 amide bonds. The maximum atomic E-state index is 5.91. The van der Waals surface area contributed by atoms with Gasteiger partial charge in [-0.1, -0.05) is 6.07 Å². The van der Waals surface area contributed by atoms with Gasteiger partial charge in [-0.3, -0.25) is 9.97 Å². The van der Waals surface area contributed by atoms with E-state index in [9.17, 15) is 0 Å². The van der Waals surface area contributed by atoms with E-state index in [0.717, 1.165) is 33.7 Å². The Balaban J connectivity index is 1.57. The molecule has 4 heteroatoms. The van der Waals surface area contributed by atoms with E-state index in [1.165, 1.54) is 5.56 Å². The highest BCUT2D eigenvalue weighted by atomic mass is 16.3. The Bertz CT molecular complexity index is 977. The van der Waals surface area contributed by atoms with Crippen LogP contribution in [0.25, 0.3) is 22.2 Å². The second-order valence-electron chi connectivity index (χ2n) is 5.75. The predicted molar refractivity (Wildman–Crippen MR) is 95.7 cm³/mol. The van der Waals surface area contributed by atoms with Crippen molar-refractivity contribution in [2.75, 3.05) is 5.32 Å². The fourth-order valence-corrected chi connectivity index (χ4v) is 2.80. The Kier molecular flexibility index (Phi) is 3.71. The SMILES string of the molecule is Cc1cc(NCc2ccc(-c3cccnc3)o2)c2ncccc2c1. The average molecular weight is 315 g/mol. The minimum absolute atomic E-state index is 0.607. The summed E-state index contributed by atoms with van der Waals surface area (Å²) in [6, 6.07) is 16.1. The fraction of sp³-hybridized carbons (Fsp3) is 0.100. The molecule has 1 N–H and O–H groups in total. The Hall–Kier alpha value is -3.14. The summed E-state index contributed by atoms with van der Waals surface area (Å²) in [6.45, 7) is 2.69. The van der Waals surface area contributed by atoms with Gasteiger partial charge in [0.1, 0.15) is 11.5 Å². The maximum Gasteiger partial charge on any atom is 0.135 e. The van der Waals surface area contributed by atoms with Gasteiger partial charge in [-0.25, -0.2) is 0 Å². The first kappa shape index (κ1) is 14.5. The van der Waals surface area contributed by atoms with Gasteiger partial charge in [-0.2, -0.15) is 0 Å². The third-order valence-corrected chi connectivity index (χ3v) is 3.91. The van der Waals surface area contributed by atoms with E-state index in [-0.39, 0.29) is 0 Å². The minimum Gasteiger partial charge on any atom is -0.459 e. The molecular formula is C20H17N3O. The van der Waals surface area contributed by atoms with Crippen LogP contribution < -0.4 is 5.32 Å². The van der Waals surface area contributed by atoms with Gasteiger partial charge in [-0.05, 0) is 55.0 Å². The van der Waals surface area contributed by atoms with Crippen molar-refractivity contribution < 1.29 is 4.42 Å². The van der Waals surface area contributed by atoms with Crippen LogP contribution in [0.2, 0.25) is 0 Å². The Morgan fingerprint density at radius 3 is 2.83 bits per heavy atom. The molecule has 0 fully saturated rings. The molecular weight excluding hydrogens is 298 g/mol. The van der Waals surface area contributed by atoms with Crippen LogP contribution in [0.1, 0.15) is 11.3 Å². The fourth-order valence-electron chi connectivity index (χ4n) is 2.80. The largest absolute Gasteiger partial charge is 0.459 e. The number of aromatic nitrogens is 2. The number of benzene rings is 1. The number of fused-ring (bicyclic) bond motifs is 1. The monoisotopic (exact) mass is 315 g/mol. The van der Waals surface area contributed by atoms with Gasteiger partial charge in [-0.15, -0.1) is 0 Å². The summed E-state index contributed by atoms with van der Waals surface area (Å²) in [4.78, 5) is 8.61. The van der Waals surface area contributed by atoms with Crippen LogP contribution >= 0.6 is 0 Å². The van der Waals surface area contributed by atoms with Crippen LogP contribution in [0.3, 0.4) is 0 Å². The molecule has 0 aliphatic rings. The van der Waals surface area contributed by atoms with Gasteiger partial charge in [0.2, 0.25) is 0 Å². The van der Waals surface area contributed by atoms with Crippen LogP contribution in [0.5, 0.6) is 0 Å². The number of anilines is 1. The second-order valence-corrected chi connectivity index (χ2v) is 5.75. The Morgan fingerprint density at radius 2 is 1.96 bits per heavy atom. The number of hydrogen-bond donors (Lipinski definition) is 1. The molecule has 118 valence electrons. The highest BCUT2D eigenvalue weighted by molar-refractivity contribution is 5.90. The summed E-state index contributed by atoms with van der Waals surface area (Å²) in [7, 11) is 0. The number of aryl methyl sites for hydroxylation is 1. The lowest BCUT2D eigenvalue weighted by atomic mass is 10.1. The van der Waals surface area contributed by atoms with Crippen molar-refractivity contribution in [2.24, 2.45) is 0 Å². The van der Waals surface area contributed by atoms with E-state index >= 15 is 0 Å². The van der Waals surface area contributed by atoms with Crippen molar-refractivity contribution in [3.8, 4) is 11.3 Å². The van der Waals surface area contributed by atoms with Gasteiger partial charge in [0.25, 0.3) is 0 Å². The number of rotatable bonds is 4. The molecule has 3 aromatic heterocycles. The first-order valence-corrected chi connectivity index (χ1v) is 7.88. The molecule has 4 nitrogen and oxygen atoms in total. The van der Waals surface area contributed by atoms with Crippen molar-refractivity contribution in [1.29, 1.82) is 0 Å². The van der Waals surface area contributed by atoms with Crippen LogP contribution in [-0.2, 0) is 6.54 Å². The van der Waals surface area contributed by atoms with E-state index in [0.29, 0.717) is 6.54 Å². The van der Waals surface area contributed by atoms with E-state index in [1.54, 1.807) is 12.4 Å². The molecule has 24 heavy (non-hydrogen) atoms. The van der Waals surface area contributed by atoms with Gasteiger partial charge in [0, 0.05) is 29.5 Å². The second kappa shape index (κ2) is 6.16. The summed E-state index contributed by atoms with van der Waals surface area (Å²) in [5.41, 5.74) is 4.17. The van der Waals surface area contributed by atoms with Gasteiger partial charge >= 0.3 is 0 Å². The average Bonchev–Trinajstić information content (AvgIpc) is 3.09. The summed E-state index contributed by atoms with van der Waals surface area (Å²) in [5.74, 6) is 1.70. The summed E-state index contributed by atoms with van der Waals surface area (Å²) < 4.78 is 5.91. The zero-order valence-electron chi connectivity index (χ0n) is 13.4. The molecule has 3 heterocycles. The molecule has 1 aromatic carbocycles. The molecule has 4 rings (SSSR count). The van der Waals surface area contributed by atoms with Crippen LogP contribution in [0, 0.1) is 6.92 Å². The van der Waals surface area contributed by atoms with Crippen molar-refractivity contribution in [1.82, 2.24) is 9.97 Å². The molecule has 0 radical (unpaired) electrons. The molecule has 0 aliphatic heterocycles. The number of nitrogens with one attached hydrogen (secondary N) is 1. The molecule has 0 saturated heterocycles. The number of pyridine rings is 2. The van der Waals surface area contributed by atoms with Gasteiger partial charge < -0.3 is 9.73 Å². The third-order valence-electron chi connectivity index (χ3n) is 3.91. The lowest BCUT2D eigenvalue weighted by Crippen LogP contribution is -2.00. The summed E-state index contributed by atoms with van der Waals surface area (Å²) in [5, 5.41) is 4.57. The normalized spacial score (nSPS) is 10.9. The summed E-state index contributed by atoms with van der Waals surface area (Å²) >= 11 is 0. The van der Waals surface area contributed by atoms with E-state index in [4.69, 9.17) is 4.42 Å². The molecule has 0 atom stereocenters. The molecule has 0 aliphatic carbocycles. The molecule has 4 aromatic rings. The lowest BCUT2D eigenvalue weighted by Gasteiger charge is -2.09. The van der Waals surface area contributed by atoms with Crippen LogP contribution in [0.15, 0.2) is 71.5 Å². The lowest BCUT2D eigenvalue weighted by molar-refractivity contribution is 0.531. The smallest absolute Gasteiger partial charge is 0.135 e. The van der Waals surface area contributed by atoms with Crippen LogP contribution in [0.4, 0.5) is 5.69 Å². The number of nitrogens with zero attached hydrogens (tertiary/aromatic N) is 2. The highest BCUT2D eigenvalue weighted by Gasteiger charge is 2.07. The van der Waals surface area contributed by atoms with Crippen LogP contribution in [-0.4, -0.2) is 9.97 Å². The first-order chi connectivity index (χ1) is 11.8. The summed E-state index contributed by atoms with van der Waals surface area (Å²) in [6.07, 6.45) is 5.37. The zero-order chi connectivity index (χ0) is 16.4. The maximum absolute atomic E-state index is 5.91. The van der Waals surface area contributed by atoms with E-state index in [1.807, 2.05) is 36.5 Å². The molecule has 0 spiro atoms. The minimum atomic E-state index is 0.607. The highest BCUT2D eigenvalue weighted by Crippen LogP contribution is 2.25. The predicted octanol–water partition coefficient (Wildman–Crippen LogP) is 4.81. The third kappa shape index (κ3) is 2.86. The topological polar surface area (TPSA) is 51.0 Å². The zero-order valence-corrected chi connectivity index (χ0v) is 13.4. The number of furan rings is 1. The van der Waals surface area contributed by atoms with Gasteiger partial charge in [0.15, 0.2) is 0 Å². The van der Waals surface area contributed by atoms with Gasteiger partial charge in [0.05, 0.1) is 17.7 Å². The molecule has 0 saturated carbocycles. The Morgan fingerprint density at radius 1 is 1.04 bits per heavy atom. The first-order valence-electron chi connectivity index (χ1n) is 7.88. The van der Waals surface area contributed by atoms with E-state index < -0.39 is 0 Å². The quantitative estimate of drug-likeness (QED) is 0.587. The van der Waals surface area contributed by atoms with E-state index in [2.05, 4.69) is 40.4 Å². The molecule has 0 bridgehead atoms.